The topological polar surface area (TPSA) is 22.1 Å². The molecule has 0 aliphatic heterocycles. The van der Waals surface area contributed by atoms with E-state index in [1.807, 2.05) is 30.5 Å². The average molecular weight is 472 g/mol. The van der Waals surface area contributed by atoms with Gasteiger partial charge in [-0.05, 0) is 36.1 Å². The fraction of sp³-hybridized carbons (Fsp3) is 0.485. The minimum Gasteiger partial charge on any atom is -0.487 e. The number of unbranched alkanes of at least 4 members (excludes halogenated alkanes) is 13. The molecule has 188 valence electrons. The Hall–Kier alpha value is -2.61. The third-order valence-corrected chi connectivity index (χ3v) is 6.78. The molecule has 3 rings (SSSR count). The molecule has 2 nitrogen and oxygen atoms in total. The van der Waals surface area contributed by atoms with E-state index in [4.69, 9.17) is 4.74 Å². The third kappa shape index (κ3) is 10.3. The Morgan fingerprint density at radius 3 is 2.03 bits per heavy atom. The molecule has 1 heterocycles. The number of benzene rings is 2. The molecule has 0 spiro atoms. The SMILES string of the molecule is CCCCCCCCCCCCCCC/C=C/c1ccc(OCc2ccccc2)c2ncccc12. The smallest absolute Gasteiger partial charge is 0.146 e. The highest BCUT2D eigenvalue weighted by Crippen LogP contribution is 2.28. The Labute approximate surface area is 213 Å². The van der Waals surface area contributed by atoms with Crippen molar-refractivity contribution in [3.05, 3.63) is 78.0 Å². The van der Waals surface area contributed by atoms with E-state index in [9.17, 15) is 0 Å². The number of aromatic nitrogens is 1. The van der Waals surface area contributed by atoms with Crippen molar-refractivity contribution < 1.29 is 4.74 Å². The van der Waals surface area contributed by atoms with Crippen molar-refractivity contribution in [3.63, 3.8) is 0 Å². The highest BCUT2D eigenvalue weighted by atomic mass is 16.5. The number of pyridine rings is 1. The molecule has 0 bridgehead atoms. The number of fused-ring (bicyclic) bond motifs is 1. The molecule has 0 saturated carbocycles. The Morgan fingerprint density at radius 2 is 1.34 bits per heavy atom. The van der Waals surface area contributed by atoms with Crippen LogP contribution < -0.4 is 4.74 Å². The van der Waals surface area contributed by atoms with Gasteiger partial charge in [-0.1, -0.05) is 139 Å². The predicted molar refractivity (Wildman–Crippen MR) is 152 cm³/mol. The van der Waals surface area contributed by atoms with Crippen LogP contribution in [0.1, 0.15) is 108 Å². The number of hydrogen-bond donors (Lipinski definition) is 0. The van der Waals surface area contributed by atoms with Crippen molar-refractivity contribution in [2.45, 2.75) is 103 Å². The van der Waals surface area contributed by atoms with E-state index < -0.39 is 0 Å². The van der Waals surface area contributed by atoms with Gasteiger partial charge in [-0.15, -0.1) is 0 Å². The van der Waals surface area contributed by atoms with E-state index in [-0.39, 0.29) is 0 Å². The lowest BCUT2D eigenvalue weighted by atomic mass is 10.0. The van der Waals surface area contributed by atoms with Gasteiger partial charge in [-0.2, -0.15) is 0 Å². The normalized spacial score (nSPS) is 11.5. The summed E-state index contributed by atoms with van der Waals surface area (Å²) in [6.07, 6.45) is 25.8. The first-order chi connectivity index (χ1) is 17.4. The lowest BCUT2D eigenvalue weighted by Gasteiger charge is -2.10. The van der Waals surface area contributed by atoms with E-state index in [2.05, 4.69) is 54.4 Å². The third-order valence-electron chi connectivity index (χ3n) is 6.78. The highest BCUT2D eigenvalue weighted by Gasteiger charge is 2.07. The molecular weight excluding hydrogens is 426 g/mol. The molecule has 0 radical (unpaired) electrons. The molecule has 0 N–H and O–H groups in total. The van der Waals surface area contributed by atoms with Crippen LogP contribution >= 0.6 is 0 Å². The number of hydrogen-bond acceptors (Lipinski definition) is 2. The number of ether oxygens (including phenoxy) is 1. The van der Waals surface area contributed by atoms with E-state index in [0.717, 1.165) is 23.1 Å². The Balaban J connectivity index is 1.33. The van der Waals surface area contributed by atoms with E-state index in [1.54, 1.807) is 0 Å². The molecule has 0 atom stereocenters. The van der Waals surface area contributed by atoms with Gasteiger partial charge in [-0.25, -0.2) is 0 Å². The molecule has 0 saturated heterocycles. The molecule has 0 aliphatic rings. The van der Waals surface area contributed by atoms with Crippen molar-refractivity contribution in [2.24, 2.45) is 0 Å². The lowest BCUT2D eigenvalue weighted by molar-refractivity contribution is 0.309. The minimum absolute atomic E-state index is 0.556. The Kier molecular flexibility index (Phi) is 13.0. The van der Waals surface area contributed by atoms with Crippen LogP contribution in [-0.2, 0) is 6.61 Å². The highest BCUT2D eigenvalue weighted by molar-refractivity contribution is 5.92. The standard InChI is InChI=1S/C33H45NO/c1-2-3-4-5-6-7-8-9-10-11-12-13-14-15-19-23-30-25-26-32(33-31(30)24-20-27-34-33)35-28-29-21-17-16-18-22-29/h16-27H,2-15,28H2,1H3/b23-19+. The second-order valence-corrected chi connectivity index (χ2v) is 9.76. The summed E-state index contributed by atoms with van der Waals surface area (Å²) in [4.78, 5) is 4.62. The molecule has 2 aromatic carbocycles. The summed E-state index contributed by atoms with van der Waals surface area (Å²) in [6.45, 7) is 2.85. The van der Waals surface area contributed by atoms with Crippen molar-refractivity contribution in [1.82, 2.24) is 4.98 Å². The van der Waals surface area contributed by atoms with Crippen molar-refractivity contribution in [1.29, 1.82) is 0 Å². The first-order valence-corrected chi connectivity index (χ1v) is 14.1. The van der Waals surface area contributed by atoms with E-state index in [0.29, 0.717) is 6.61 Å². The Morgan fingerprint density at radius 1 is 0.686 bits per heavy atom. The maximum absolute atomic E-state index is 6.10. The first kappa shape index (κ1) is 27.0. The largest absolute Gasteiger partial charge is 0.487 e. The molecule has 0 fully saturated rings. The fourth-order valence-corrected chi connectivity index (χ4v) is 4.66. The van der Waals surface area contributed by atoms with Crippen LogP contribution in [0.2, 0.25) is 0 Å². The van der Waals surface area contributed by atoms with Gasteiger partial charge in [0.2, 0.25) is 0 Å². The van der Waals surface area contributed by atoms with Gasteiger partial charge in [0.1, 0.15) is 17.9 Å². The van der Waals surface area contributed by atoms with E-state index in [1.165, 1.54) is 94.6 Å². The van der Waals surface area contributed by atoms with E-state index >= 15 is 0 Å². The van der Waals surface area contributed by atoms with Crippen LogP contribution in [0, 0.1) is 0 Å². The van der Waals surface area contributed by atoms with Crippen LogP contribution in [0.4, 0.5) is 0 Å². The maximum Gasteiger partial charge on any atom is 0.146 e. The van der Waals surface area contributed by atoms with Crippen molar-refractivity contribution in [3.8, 4) is 5.75 Å². The quantitative estimate of drug-likeness (QED) is 0.172. The molecule has 35 heavy (non-hydrogen) atoms. The van der Waals surface area contributed by atoms with Gasteiger partial charge in [0, 0.05) is 11.6 Å². The van der Waals surface area contributed by atoms with Crippen LogP contribution in [0.5, 0.6) is 5.75 Å². The molecular formula is C33H45NO. The predicted octanol–water partition coefficient (Wildman–Crippen LogP) is 10.3. The fourth-order valence-electron chi connectivity index (χ4n) is 4.66. The molecule has 3 aromatic rings. The molecule has 1 aromatic heterocycles. The molecule has 2 heteroatoms. The van der Waals surface area contributed by atoms with Gasteiger partial charge >= 0.3 is 0 Å². The minimum atomic E-state index is 0.556. The number of nitrogens with zero attached hydrogens (tertiary/aromatic N) is 1. The Bertz CT molecular complexity index is 979. The first-order valence-electron chi connectivity index (χ1n) is 14.1. The number of rotatable bonds is 18. The summed E-state index contributed by atoms with van der Waals surface area (Å²) in [5.41, 5.74) is 3.32. The zero-order valence-corrected chi connectivity index (χ0v) is 21.9. The zero-order chi connectivity index (χ0) is 24.4. The summed E-state index contributed by atoms with van der Waals surface area (Å²) in [5.74, 6) is 0.845. The zero-order valence-electron chi connectivity index (χ0n) is 21.9. The summed E-state index contributed by atoms with van der Waals surface area (Å²) in [7, 11) is 0. The van der Waals surface area contributed by atoms with Crippen LogP contribution in [0.3, 0.4) is 0 Å². The average Bonchev–Trinajstić information content (AvgIpc) is 2.90. The number of allylic oxidation sites excluding steroid dienone is 1. The van der Waals surface area contributed by atoms with Crippen LogP contribution in [0.15, 0.2) is 66.9 Å². The molecule has 0 aliphatic carbocycles. The van der Waals surface area contributed by atoms with Crippen LogP contribution in [-0.4, -0.2) is 4.98 Å². The van der Waals surface area contributed by atoms with Gasteiger partial charge in [0.25, 0.3) is 0 Å². The van der Waals surface area contributed by atoms with Crippen molar-refractivity contribution >= 4 is 17.0 Å². The summed E-state index contributed by atoms with van der Waals surface area (Å²) in [6, 6.07) is 18.6. The lowest BCUT2D eigenvalue weighted by Crippen LogP contribution is -1.97. The maximum atomic E-state index is 6.10. The van der Waals surface area contributed by atoms with Gasteiger partial charge in [0.15, 0.2) is 0 Å². The van der Waals surface area contributed by atoms with Crippen LogP contribution in [0.25, 0.3) is 17.0 Å². The van der Waals surface area contributed by atoms with Gasteiger partial charge in [-0.3, -0.25) is 4.98 Å². The molecule has 0 amide bonds. The second-order valence-electron chi connectivity index (χ2n) is 9.76. The monoisotopic (exact) mass is 471 g/mol. The van der Waals surface area contributed by atoms with Gasteiger partial charge in [0.05, 0.1) is 0 Å². The summed E-state index contributed by atoms with van der Waals surface area (Å²) >= 11 is 0. The second kappa shape index (κ2) is 16.9. The summed E-state index contributed by atoms with van der Waals surface area (Å²) < 4.78 is 6.10. The van der Waals surface area contributed by atoms with Crippen molar-refractivity contribution in [2.75, 3.05) is 0 Å². The molecule has 0 unspecified atom stereocenters. The van der Waals surface area contributed by atoms with Gasteiger partial charge < -0.3 is 4.74 Å². The summed E-state index contributed by atoms with van der Waals surface area (Å²) in [5, 5.41) is 1.15.